The second kappa shape index (κ2) is 7.24. The second-order valence-corrected chi connectivity index (χ2v) is 9.39. The molecule has 1 aromatic rings. The van der Waals surface area contributed by atoms with Gasteiger partial charge in [0.05, 0.1) is 5.70 Å². The number of likely N-dealkylation sites (tertiary alicyclic amines) is 1. The van der Waals surface area contributed by atoms with E-state index in [0.29, 0.717) is 11.0 Å². The van der Waals surface area contributed by atoms with Crippen LogP contribution in [0.25, 0.3) is 5.70 Å². The molecule has 1 spiro atoms. The molecule has 2 heterocycles. The number of hydrogen-bond donors (Lipinski definition) is 0. The third kappa shape index (κ3) is 3.31. The Morgan fingerprint density at radius 2 is 1.73 bits per heavy atom. The van der Waals surface area contributed by atoms with E-state index in [1.165, 1.54) is 12.8 Å². The van der Waals surface area contributed by atoms with Gasteiger partial charge in [-0.05, 0) is 55.8 Å². The van der Waals surface area contributed by atoms with E-state index in [4.69, 9.17) is 0 Å². The van der Waals surface area contributed by atoms with Crippen molar-refractivity contribution >= 4 is 17.4 Å². The molecule has 0 bridgehead atoms. The molecule has 0 radical (unpaired) electrons. The Bertz CT molecular complexity index is 967. The van der Waals surface area contributed by atoms with Crippen LogP contribution in [0.3, 0.4) is 0 Å². The molecule has 6 heteroatoms. The van der Waals surface area contributed by atoms with E-state index < -0.39 is 0 Å². The number of fused-ring (bicyclic) bond motifs is 1. The van der Waals surface area contributed by atoms with Crippen LogP contribution in [0, 0.1) is 16.7 Å². The fourth-order valence-electron chi connectivity index (χ4n) is 5.13. The van der Waals surface area contributed by atoms with Crippen LogP contribution in [0.1, 0.15) is 47.2 Å². The van der Waals surface area contributed by atoms with Crippen LogP contribution >= 0.6 is 0 Å². The largest absolute Gasteiger partial charge is 0.370 e. The highest BCUT2D eigenvalue weighted by atomic mass is 16.2. The van der Waals surface area contributed by atoms with E-state index in [-0.39, 0.29) is 23.7 Å². The van der Waals surface area contributed by atoms with Crippen LogP contribution in [0.5, 0.6) is 0 Å². The lowest BCUT2D eigenvalue weighted by molar-refractivity contribution is -0.114. The first-order valence-electron chi connectivity index (χ1n) is 11.0. The number of amides is 1. The fraction of sp³-hybridized carbons (Fsp3) is 0.542. The summed E-state index contributed by atoms with van der Waals surface area (Å²) in [5, 5.41) is 9.78. The SMILES string of the molecule is CN1CCN(C(=O)c2ccc3c(c2)C(N2CCC4(CC2)CC4)=C(C#N)C(=O)C3)CC1. The number of ketones is 1. The van der Waals surface area contributed by atoms with Crippen molar-refractivity contribution in [2.75, 3.05) is 46.3 Å². The number of hydrogen-bond acceptors (Lipinski definition) is 5. The van der Waals surface area contributed by atoms with E-state index in [1.54, 1.807) is 0 Å². The Morgan fingerprint density at radius 1 is 1.03 bits per heavy atom. The summed E-state index contributed by atoms with van der Waals surface area (Å²) in [6, 6.07) is 7.87. The molecule has 156 valence electrons. The summed E-state index contributed by atoms with van der Waals surface area (Å²) >= 11 is 0. The number of piperazine rings is 1. The quantitative estimate of drug-likeness (QED) is 0.757. The molecule has 2 aliphatic carbocycles. The summed E-state index contributed by atoms with van der Waals surface area (Å²) in [6.07, 6.45) is 5.11. The average molecular weight is 405 g/mol. The van der Waals surface area contributed by atoms with E-state index in [9.17, 15) is 14.9 Å². The lowest BCUT2D eigenvalue weighted by Crippen LogP contribution is -2.47. The molecule has 4 aliphatic rings. The van der Waals surface area contributed by atoms with Gasteiger partial charge in [0, 0.05) is 56.8 Å². The molecule has 2 saturated heterocycles. The van der Waals surface area contributed by atoms with Crippen LogP contribution in [-0.2, 0) is 11.2 Å². The van der Waals surface area contributed by atoms with Gasteiger partial charge < -0.3 is 14.7 Å². The maximum Gasteiger partial charge on any atom is 0.253 e. The number of nitrogens with zero attached hydrogens (tertiary/aromatic N) is 4. The number of rotatable bonds is 2. The molecule has 30 heavy (non-hydrogen) atoms. The average Bonchev–Trinajstić information content (AvgIpc) is 3.52. The summed E-state index contributed by atoms with van der Waals surface area (Å²) in [6.45, 7) is 4.97. The zero-order chi connectivity index (χ0) is 20.9. The molecule has 0 unspecified atom stereocenters. The number of piperidine rings is 1. The number of carbonyl (C=O) groups excluding carboxylic acids is 2. The van der Waals surface area contributed by atoms with Gasteiger partial charge in [-0.1, -0.05) is 6.07 Å². The van der Waals surface area contributed by atoms with Crippen molar-refractivity contribution in [3.05, 3.63) is 40.5 Å². The van der Waals surface area contributed by atoms with Gasteiger partial charge in [-0.25, -0.2) is 0 Å². The van der Waals surface area contributed by atoms with Gasteiger partial charge >= 0.3 is 0 Å². The molecular formula is C24H28N4O2. The number of Topliss-reactive ketones (excluding diaryl/α,β-unsaturated/α-hetero) is 1. The molecule has 1 amide bonds. The zero-order valence-electron chi connectivity index (χ0n) is 17.6. The third-order valence-electron chi connectivity index (χ3n) is 7.48. The van der Waals surface area contributed by atoms with Gasteiger partial charge in [0.2, 0.25) is 0 Å². The topological polar surface area (TPSA) is 67.7 Å². The first-order chi connectivity index (χ1) is 14.5. The molecule has 1 aromatic carbocycles. The summed E-state index contributed by atoms with van der Waals surface area (Å²) < 4.78 is 0. The van der Waals surface area contributed by atoms with E-state index in [2.05, 4.69) is 22.9 Å². The monoisotopic (exact) mass is 404 g/mol. The standard InChI is InChI=1S/C24H28N4O2/c1-26-10-12-28(13-11-26)23(30)18-3-2-17-15-21(29)20(16-25)22(19(17)14-18)27-8-6-24(4-5-24)7-9-27/h2-3,14H,4-13,15H2,1H3. The van der Waals surface area contributed by atoms with Crippen molar-refractivity contribution in [1.82, 2.24) is 14.7 Å². The van der Waals surface area contributed by atoms with Gasteiger partial charge in [0.1, 0.15) is 11.6 Å². The number of carbonyl (C=O) groups is 2. The summed E-state index contributed by atoms with van der Waals surface area (Å²) in [5.74, 6) is -0.0684. The predicted octanol–water partition coefficient (Wildman–Crippen LogP) is 2.31. The Balaban J connectivity index is 1.48. The number of benzene rings is 1. The highest BCUT2D eigenvalue weighted by Gasteiger charge is 2.45. The highest BCUT2D eigenvalue weighted by Crippen LogP contribution is 2.54. The van der Waals surface area contributed by atoms with Gasteiger partial charge in [-0.2, -0.15) is 5.26 Å². The summed E-state index contributed by atoms with van der Waals surface area (Å²) in [4.78, 5) is 32.2. The van der Waals surface area contributed by atoms with Gasteiger partial charge in [-0.3, -0.25) is 9.59 Å². The van der Waals surface area contributed by atoms with Gasteiger partial charge in [-0.15, -0.1) is 0 Å². The predicted molar refractivity (Wildman–Crippen MR) is 114 cm³/mol. The Hall–Kier alpha value is -2.65. The van der Waals surface area contributed by atoms with Crippen molar-refractivity contribution in [2.24, 2.45) is 5.41 Å². The normalized spacial score (nSPS) is 23.4. The lowest BCUT2D eigenvalue weighted by Gasteiger charge is -2.38. The highest BCUT2D eigenvalue weighted by molar-refractivity contribution is 6.10. The Labute approximate surface area is 177 Å². The minimum Gasteiger partial charge on any atom is -0.370 e. The van der Waals surface area contributed by atoms with E-state index >= 15 is 0 Å². The maximum atomic E-state index is 13.1. The molecule has 6 nitrogen and oxygen atoms in total. The van der Waals surface area contributed by atoms with Crippen molar-refractivity contribution in [3.8, 4) is 6.07 Å². The van der Waals surface area contributed by atoms with E-state index in [0.717, 1.165) is 68.9 Å². The van der Waals surface area contributed by atoms with Crippen molar-refractivity contribution < 1.29 is 9.59 Å². The number of allylic oxidation sites excluding steroid dienone is 1. The van der Waals surface area contributed by atoms with Crippen LogP contribution < -0.4 is 0 Å². The Morgan fingerprint density at radius 3 is 2.37 bits per heavy atom. The first kappa shape index (κ1) is 19.3. The van der Waals surface area contributed by atoms with Crippen LogP contribution in [-0.4, -0.2) is 72.7 Å². The minimum absolute atomic E-state index is 0.0382. The fourth-order valence-corrected chi connectivity index (χ4v) is 5.13. The smallest absolute Gasteiger partial charge is 0.253 e. The van der Waals surface area contributed by atoms with Gasteiger partial charge in [0.15, 0.2) is 5.78 Å². The molecular weight excluding hydrogens is 376 g/mol. The van der Waals surface area contributed by atoms with Crippen molar-refractivity contribution in [3.63, 3.8) is 0 Å². The molecule has 0 N–H and O–H groups in total. The number of likely N-dealkylation sites (N-methyl/N-ethyl adjacent to an activating group) is 1. The second-order valence-electron chi connectivity index (χ2n) is 9.39. The minimum atomic E-state index is -0.107. The maximum absolute atomic E-state index is 13.1. The first-order valence-corrected chi connectivity index (χ1v) is 11.0. The third-order valence-corrected chi connectivity index (χ3v) is 7.48. The molecule has 0 aromatic heterocycles. The molecule has 0 atom stereocenters. The van der Waals surface area contributed by atoms with Crippen LogP contribution in [0.15, 0.2) is 23.8 Å². The summed E-state index contributed by atoms with van der Waals surface area (Å²) in [5.41, 5.74) is 4.02. The molecule has 1 saturated carbocycles. The molecule has 2 aliphatic heterocycles. The number of nitriles is 1. The molecule has 5 rings (SSSR count). The van der Waals surface area contributed by atoms with Crippen LogP contribution in [0.2, 0.25) is 0 Å². The van der Waals surface area contributed by atoms with Crippen molar-refractivity contribution in [1.29, 1.82) is 5.26 Å². The van der Waals surface area contributed by atoms with Gasteiger partial charge in [0.25, 0.3) is 5.91 Å². The van der Waals surface area contributed by atoms with Crippen molar-refractivity contribution in [2.45, 2.75) is 32.1 Å². The molecule has 3 fully saturated rings. The van der Waals surface area contributed by atoms with Crippen LogP contribution in [0.4, 0.5) is 0 Å². The zero-order valence-corrected chi connectivity index (χ0v) is 17.6. The van der Waals surface area contributed by atoms with E-state index in [1.807, 2.05) is 23.1 Å². The summed E-state index contributed by atoms with van der Waals surface area (Å²) in [7, 11) is 2.07. The lowest BCUT2D eigenvalue weighted by atomic mass is 9.85. The Kier molecular flexibility index (Phi) is 4.67.